The van der Waals surface area contributed by atoms with Crippen LogP contribution in [-0.2, 0) is 4.79 Å². The first-order valence-corrected chi connectivity index (χ1v) is 6.83. The Hall–Kier alpha value is -1.55. The minimum atomic E-state index is -0.950. The van der Waals surface area contributed by atoms with E-state index < -0.39 is 5.97 Å². The molecule has 0 heterocycles. The molecule has 3 nitrogen and oxygen atoms in total. The van der Waals surface area contributed by atoms with Gasteiger partial charge in [0.25, 0.3) is 0 Å². The van der Waals surface area contributed by atoms with Crippen LogP contribution < -0.4 is 4.90 Å². The standard InChI is InChI=1S/C15H18BrNO2/c1-4-17(10-11(2)3)14-7-6-13(16)9-12(14)5-8-15(18)19/h5-9H,2,4,10H2,1,3H3,(H,18,19)/b8-5+. The molecule has 1 aromatic rings. The number of rotatable bonds is 6. The van der Waals surface area contributed by atoms with Crippen molar-refractivity contribution in [3.63, 3.8) is 0 Å². The van der Waals surface area contributed by atoms with Crippen molar-refractivity contribution in [2.75, 3.05) is 18.0 Å². The number of anilines is 1. The van der Waals surface area contributed by atoms with Gasteiger partial charge in [-0.3, -0.25) is 0 Å². The molecule has 1 rings (SSSR count). The smallest absolute Gasteiger partial charge is 0.328 e. The molecular weight excluding hydrogens is 306 g/mol. The highest BCUT2D eigenvalue weighted by atomic mass is 79.9. The monoisotopic (exact) mass is 323 g/mol. The van der Waals surface area contributed by atoms with Gasteiger partial charge in [0.05, 0.1) is 0 Å². The largest absolute Gasteiger partial charge is 0.478 e. The third-order valence-electron chi connectivity index (χ3n) is 2.58. The fourth-order valence-electron chi connectivity index (χ4n) is 1.80. The number of aliphatic carboxylic acids is 1. The summed E-state index contributed by atoms with van der Waals surface area (Å²) in [5.74, 6) is -0.950. The molecule has 0 saturated carbocycles. The van der Waals surface area contributed by atoms with E-state index in [-0.39, 0.29) is 0 Å². The zero-order valence-electron chi connectivity index (χ0n) is 11.2. The van der Waals surface area contributed by atoms with E-state index in [0.29, 0.717) is 0 Å². The van der Waals surface area contributed by atoms with Gasteiger partial charge in [-0.25, -0.2) is 4.79 Å². The Balaban J connectivity index is 3.17. The Labute approximate surface area is 122 Å². The van der Waals surface area contributed by atoms with Gasteiger partial charge in [0.1, 0.15) is 0 Å². The summed E-state index contributed by atoms with van der Waals surface area (Å²) >= 11 is 3.41. The van der Waals surface area contributed by atoms with Crippen LogP contribution in [0.4, 0.5) is 5.69 Å². The molecule has 0 aliphatic carbocycles. The predicted molar refractivity (Wildman–Crippen MR) is 83.5 cm³/mol. The van der Waals surface area contributed by atoms with E-state index in [0.717, 1.165) is 40.5 Å². The van der Waals surface area contributed by atoms with Gasteiger partial charge in [-0.05, 0) is 43.7 Å². The number of nitrogens with zero attached hydrogens (tertiary/aromatic N) is 1. The maximum Gasteiger partial charge on any atom is 0.328 e. The van der Waals surface area contributed by atoms with Gasteiger partial charge in [-0.1, -0.05) is 28.1 Å². The van der Waals surface area contributed by atoms with Gasteiger partial charge in [0, 0.05) is 29.3 Å². The molecule has 0 bridgehead atoms. The highest BCUT2D eigenvalue weighted by molar-refractivity contribution is 9.10. The van der Waals surface area contributed by atoms with Crippen molar-refractivity contribution in [1.82, 2.24) is 0 Å². The highest BCUT2D eigenvalue weighted by Crippen LogP contribution is 2.26. The molecule has 0 radical (unpaired) electrons. The summed E-state index contributed by atoms with van der Waals surface area (Å²) < 4.78 is 0.924. The average molecular weight is 324 g/mol. The minimum absolute atomic E-state index is 0.756. The van der Waals surface area contributed by atoms with E-state index in [2.05, 4.69) is 34.3 Å². The fourth-order valence-corrected chi connectivity index (χ4v) is 2.18. The van der Waals surface area contributed by atoms with Crippen LogP contribution in [0, 0.1) is 0 Å². The fraction of sp³-hybridized carbons (Fsp3) is 0.267. The number of carboxylic acids is 1. The van der Waals surface area contributed by atoms with Crippen LogP contribution in [0.5, 0.6) is 0 Å². The molecule has 0 unspecified atom stereocenters. The zero-order valence-corrected chi connectivity index (χ0v) is 12.8. The number of carbonyl (C=O) groups is 1. The molecule has 102 valence electrons. The summed E-state index contributed by atoms with van der Waals surface area (Å²) in [5, 5.41) is 8.75. The number of halogens is 1. The van der Waals surface area contributed by atoms with Crippen LogP contribution in [0.2, 0.25) is 0 Å². The van der Waals surface area contributed by atoms with Crippen molar-refractivity contribution >= 4 is 33.7 Å². The van der Waals surface area contributed by atoms with Crippen LogP contribution in [0.25, 0.3) is 6.08 Å². The Morgan fingerprint density at radius 3 is 2.74 bits per heavy atom. The van der Waals surface area contributed by atoms with E-state index in [1.165, 1.54) is 0 Å². The van der Waals surface area contributed by atoms with Crippen LogP contribution in [0.3, 0.4) is 0 Å². The second kappa shape index (κ2) is 7.14. The summed E-state index contributed by atoms with van der Waals surface area (Å²) in [6.45, 7) is 9.56. The van der Waals surface area contributed by atoms with Gasteiger partial charge in [-0.2, -0.15) is 0 Å². The van der Waals surface area contributed by atoms with Crippen LogP contribution in [-0.4, -0.2) is 24.2 Å². The van der Waals surface area contributed by atoms with Crippen molar-refractivity contribution in [2.45, 2.75) is 13.8 Å². The maximum atomic E-state index is 10.7. The Morgan fingerprint density at radius 1 is 1.53 bits per heavy atom. The summed E-state index contributed by atoms with van der Waals surface area (Å²) in [7, 11) is 0. The van der Waals surface area contributed by atoms with Gasteiger partial charge >= 0.3 is 5.97 Å². The van der Waals surface area contributed by atoms with E-state index in [9.17, 15) is 4.79 Å². The third kappa shape index (κ3) is 4.91. The van der Waals surface area contributed by atoms with E-state index in [4.69, 9.17) is 5.11 Å². The van der Waals surface area contributed by atoms with Gasteiger partial charge in [-0.15, -0.1) is 0 Å². The minimum Gasteiger partial charge on any atom is -0.478 e. The summed E-state index contributed by atoms with van der Waals surface area (Å²) in [6, 6.07) is 5.85. The first-order chi connectivity index (χ1) is 8.93. The van der Waals surface area contributed by atoms with Gasteiger partial charge in [0.15, 0.2) is 0 Å². The van der Waals surface area contributed by atoms with Crippen molar-refractivity contribution in [3.8, 4) is 0 Å². The Bertz CT molecular complexity index is 509. The molecule has 0 saturated heterocycles. The quantitative estimate of drug-likeness (QED) is 0.636. The average Bonchev–Trinajstić information content (AvgIpc) is 2.33. The second-order valence-electron chi connectivity index (χ2n) is 4.35. The van der Waals surface area contributed by atoms with Crippen LogP contribution in [0.1, 0.15) is 19.4 Å². The van der Waals surface area contributed by atoms with E-state index in [1.807, 2.05) is 25.1 Å². The Kier molecular flexibility index (Phi) is 5.83. The molecule has 0 aliphatic rings. The normalized spacial score (nSPS) is 10.7. The Morgan fingerprint density at radius 2 is 2.21 bits per heavy atom. The van der Waals surface area contributed by atoms with Crippen LogP contribution in [0.15, 0.2) is 40.9 Å². The van der Waals surface area contributed by atoms with E-state index >= 15 is 0 Å². The van der Waals surface area contributed by atoms with Crippen molar-refractivity contribution in [3.05, 3.63) is 46.5 Å². The summed E-state index contributed by atoms with van der Waals surface area (Å²) in [4.78, 5) is 12.8. The third-order valence-corrected chi connectivity index (χ3v) is 3.07. The van der Waals surface area contributed by atoms with Gasteiger partial charge < -0.3 is 10.0 Å². The molecule has 4 heteroatoms. The van der Waals surface area contributed by atoms with E-state index in [1.54, 1.807) is 6.08 Å². The second-order valence-corrected chi connectivity index (χ2v) is 5.26. The zero-order chi connectivity index (χ0) is 14.4. The molecule has 0 spiro atoms. The SMILES string of the molecule is C=C(C)CN(CC)c1ccc(Br)cc1/C=C/C(=O)O. The summed E-state index contributed by atoms with van der Waals surface area (Å²) in [5.41, 5.74) is 2.95. The molecule has 19 heavy (non-hydrogen) atoms. The molecule has 0 amide bonds. The first-order valence-electron chi connectivity index (χ1n) is 6.04. The number of carboxylic acid groups (broad SMARTS) is 1. The molecule has 0 atom stereocenters. The molecule has 1 N–H and O–H groups in total. The summed E-state index contributed by atoms with van der Waals surface area (Å²) in [6.07, 6.45) is 2.77. The topological polar surface area (TPSA) is 40.5 Å². The molecule has 0 aliphatic heterocycles. The lowest BCUT2D eigenvalue weighted by molar-refractivity contribution is -0.131. The maximum absolute atomic E-state index is 10.7. The number of likely N-dealkylation sites (N-methyl/N-ethyl adjacent to an activating group) is 1. The molecule has 0 aromatic heterocycles. The molecular formula is C15H18BrNO2. The van der Waals surface area contributed by atoms with Crippen molar-refractivity contribution in [1.29, 1.82) is 0 Å². The molecule has 1 aromatic carbocycles. The molecule has 0 fully saturated rings. The lowest BCUT2D eigenvalue weighted by Gasteiger charge is -2.25. The van der Waals surface area contributed by atoms with Crippen molar-refractivity contribution in [2.24, 2.45) is 0 Å². The number of hydrogen-bond donors (Lipinski definition) is 1. The highest BCUT2D eigenvalue weighted by Gasteiger charge is 2.09. The van der Waals surface area contributed by atoms with Crippen LogP contribution >= 0.6 is 15.9 Å². The van der Waals surface area contributed by atoms with Gasteiger partial charge in [0.2, 0.25) is 0 Å². The number of hydrogen-bond acceptors (Lipinski definition) is 2. The first kappa shape index (κ1) is 15.5. The lowest BCUT2D eigenvalue weighted by atomic mass is 10.1. The number of benzene rings is 1. The predicted octanol–water partition coefficient (Wildman–Crippen LogP) is 3.95. The lowest BCUT2D eigenvalue weighted by Crippen LogP contribution is -2.25. The van der Waals surface area contributed by atoms with Crippen molar-refractivity contribution < 1.29 is 9.90 Å².